The van der Waals surface area contributed by atoms with Crippen LogP contribution in [0.15, 0.2) is 12.3 Å². The molecule has 0 aromatic carbocycles. The zero-order valence-corrected chi connectivity index (χ0v) is 15.5. The minimum atomic E-state index is 0.155. The van der Waals surface area contributed by atoms with Crippen molar-refractivity contribution >= 4 is 5.95 Å². The summed E-state index contributed by atoms with van der Waals surface area (Å²) in [5.74, 6) is 1.40. The first kappa shape index (κ1) is 16.5. The largest absolute Gasteiger partial charge is 0.380 e. The summed E-state index contributed by atoms with van der Waals surface area (Å²) in [6.07, 6.45) is 2.03. The predicted molar refractivity (Wildman–Crippen MR) is 93.2 cm³/mol. The second-order valence-electron chi connectivity index (χ2n) is 8.53. The van der Waals surface area contributed by atoms with Crippen molar-refractivity contribution in [2.45, 2.75) is 40.8 Å². The van der Waals surface area contributed by atoms with Gasteiger partial charge in [-0.2, -0.15) is 5.10 Å². The lowest BCUT2D eigenvalue weighted by Crippen LogP contribution is -2.34. The van der Waals surface area contributed by atoms with E-state index in [1.165, 1.54) is 0 Å². The first-order valence-corrected chi connectivity index (χ1v) is 9.00. The summed E-state index contributed by atoms with van der Waals surface area (Å²) in [5.41, 5.74) is 1.29. The van der Waals surface area contributed by atoms with Gasteiger partial charge in [0, 0.05) is 36.7 Å². The van der Waals surface area contributed by atoms with Gasteiger partial charge >= 0.3 is 0 Å². The second-order valence-corrected chi connectivity index (χ2v) is 8.53. The van der Waals surface area contributed by atoms with Gasteiger partial charge in [0.15, 0.2) is 0 Å². The van der Waals surface area contributed by atoms with Crippen molar-refractivity contribution in [3.63, 3.8) is 0 Å². The van der Waals surface area contributed by atoms with Crippen LogP contribution in [0.5, 0.6) is 0 Å². The van der Waals surface area contributed by atoms with Crippen molar-refractivity contribution in [3.8, 4) is 0 Å². The van der Waals surface area contributed by atoms with Crippen LogP contribution in [0, 0.1) is 16.7 Å². The Morgan fingerprint density at radius 3 is 2.60 bits per heavy atom. The molecule has 2 saturated heterocycles. The minimum absolute atomic E-state index is 0.155. The Morgan fingerprint density at radius 2 is 1.92 bits per heavy atom. The fraction of sp³-hybridized carbons (Fsp3) is 0.765. The van der Waals surface area contributed by atoms with Crippen molar-refractivity contribution in [1.82, 2.24) is 30.0 Å². The molecule has 0 spiro atoms. The average Bonchev–Trinajstić information content (AvgIpc) is 3.23. The molecule has 4 rings (SSSR count). The van der Waals surface area contributed by atoms with E-state index in [-0.39, 0.29) is 10.8 Å². The van der Waals surface area contributed by atoms with Crippen LogP contribution in [0.25, 0.3) is 0 Å². The number of rotatable bonds is 5. The third-order valence-corrected chi connectivity index (χ3v) is 5.73. The number of ether oxygens (including phenoxy) is 1. The highest BCUT2D eigenvalue weighted by Crippen LogP contribution is 2.51. The number of hydrogen-bond donors (Lipinski definition) is 0. The van der Waals surface area contributed by atoms with E-state index in [1.807, 2.05) is 21.6 Å². The highest BCUT2D eigenvalue weighted by atomic mass is 16.5. The summed E-state index contributed by atoms with van der Waals surface area (Å²) in [7, 11) is 0. The van der Waals surface area contributed by atoms with E-state index in [0.717, 1.165) is 44.5 Å². The van der Waals surface area contributed by atoms with Gasteiger partial charge in [-0.15, -0.1) is 0 Å². The molecular formula is C17H27N7O. The van der Waals surface area contributed by atoms with Crippen LogP contribution in [-0.2, 0) is 17.8 Å². The Kier molecular flexibility index (Phi) is 3.82. The molecule has 136 valence electrons. The van der Waals surface area contributed by atoms with Crippen LogP contribution in [0.2, 0.25) is 0 Å². The number of hydrogen-bond acceptors (Lipinski definition) is 6. The third kappa shape index (κ3) is 2.82. The summed E-state index contributed by atoms with van der Waals surface area (Å²) in [6.45, 7) is 14.0. The summed E-state index contributed by atoms with van der Waals surface area (Å²) in [5, 5.41) is 17.0. The molecule has 25 heavy (non-hydrogen) atoms. The van der Waals surface area contributed by atoms with E-state index >= 15 is 0 Å². The van der Waals surface area contributed by atoms with E-state index < -0.39 is 0 Å². The van der Waals surface area contributed by atoms with Crippen LogP contribution in [0.3, 0.4) is 0 Å². The zero-order valence-electron chi connectivity index (χ0n) is 15.5. The van der Waals surface area contributed by atoms with E-state index in [4.69, 9.17) is 4.74 Å². The smallest absolute Gasteiger partial charge is 0.245 e. The van der Waals surface area contributed by atoms with Gasteiger partial charge < -0.3 is 9.64 Å². The molecule has 4 heterocycles. The number of fused-ring (bicyclic) bond motifs is 1. The lowest BCUT2D eigenvalue weighted by molar-refractivity contribution is 0.158. The fourth-order valence-corrected chi connectivity index (χ4v) is 4.01. The van der Waals surface area contributed by atoms with E-state index in [9.17, 15) is 0 Å². The molecule has 0 aliphatic carbocycles. The molecule has 2 fully saturated rings. The Hall–Kier alpha value is -1.96. The Bertz CT molecular complexity index is 736. The normalized spacial score (nSPS) is 28.9. The van der Waals surface area contributed by atoms with E-state index in [2.05, 4.69) is 53.2 Å². The first-order chi connectivity index (χ1) is 11.9. The molecule has 0 bridgehead atoms. The summed E-state index contributed by atoms with van der Waals surface area (Å²) in [6, 6.07) is 2.04. The molecule has 8 nitrogen and oxygen atoms in total. The maximum absolute atomic E-state index is 5.75. The van der Waals surface area contributed by atoms with Crippen molar-refractivity contribution in [2.24, 2.45) is 16.7 Å². The highest BCUT2D eigenvalue weighted by molar-refractivity contribution is 5.35. The van der Waals surface area contributed by atoms with Gasteiger partial charge in [-0.1, -0.05) is 32.8 Å². The van der Waals surface area contributed by atoms with Crippen molar-refractivity contribution in [2.75, 3.05) is 31.2 Å². The van der Waals surface area contributed by atoms with Gasteiger partial charge in [0.2, 0.25) is 5.95 Å². The standard InChI is InChI=1S/C17H27N7O/c1-13(2)7-23-6-5-14(19-23)8-24-15(18-20-21-24)22-9-16(3)11-25-12-17(16,4)10-22/h5-6,13H,7-12H2,1-4H3/t16-,17+. The molecule has 8 heteroatoms. The van der Waals surface area contributed by atoms with Gasteiger partial charge in [0.1, 0.15) is 0 Å². The third-order valence-electron chi connectivity index (χ3n) is 5.73. The van der Waals surface area contributed by atoms with Gasteiger partial charge in [-0.3, -0.25) is 4.68 Å². The molecule has 0 unspecified atom stereocenters. The van der Waals surface area contributed by atoms with Crippen LogP contribution in [0.1, 0.15) is 33.4 Å². The minimum Gasteiger partial charge on any atom is -0.380 e. The summed E-state index contributed by atoms with van der Waals surface area (Å²) in [4.78, 5) is 2.30. The quantitative estimate of drug-likeness (QED) is 0.816. The predicted octanol–water partition coefficient (Wildman–Crippen LogP) is 1.44. The van der Waals surface area contributed by atoms with Gasteiger partial charge in [-0.25, -0.2) is 4.68 Å². The Balaban J connectivity index is 1.51. The second kappa shape index (κ2) is 5.79. The van der Waals surface area contributed by atoms with E-state index in [1.54, 1.807) is 0 Å². The summed E-state index contributed by atoms with van der Waals surface area (Å²) < 4.78 is 9.59. The molecule has 2 atom stereocenters. The molecule has 2 aromatic heterocycles. The van der Waals surface area contributed by atoms with Gasteiger partial charge in [0.25, 0.3) is 0 Å². The Morgan fingerprint density at radius 1 is 1.20 bits per heavy atom. The lowest BCUT2D eigenvalue weighted by atomic mass is 9.71. The lowest BCUT2D eigenvalue weighted by Gasteiger charge is -2.29. The van der Waals surface area contributed by atoms with Gasteiger partial charge in [-0.05, 0) is 22.4 Å². The Labute approximate surface area is 148 Å². The van der Waals surface area contributed by atoms with Crippen LogP contribution in [0.4, 0.5) is 5.95 Å². The molecule has 2 aliphatic heterocycles. The van der Waals surface area contributed by atoms with E-state index in [0.29, 0.717) is 12.5 Å². The van der Waals surface area contributed by atoms with Crippen molar-refractivity contribution < 1.29 is 4.74 Å². The molecular weight excluding hydrogens is 318 g/mol. The average molecular weight is 345 g/mol. The molecule has 2 aromatic rings. The monoisotopic (exact) mass is 345 g/mol. The fourth-order valence-electron chi connectivity index (χ4n) is 4.01. The number of aromatic nitrogens is 6. The molecule has 0 saturated carbocycles. The zero-order chi connectivity index (χ0) is 17.7. The first-order valence-electron chi connectivity index (χ1n) is 9.00. The SMILES string of the molecule is CC(C)Cn1ccc(Cn2nnnc2N2C[C@]3(C)COC[C@]3(C)C2)n1. The number of nitrogens with zero attached hydrogens (tertiary/aromatic N) is 7. The maximum atomic E-state index is 5.75. The highest BCUT2D eigenvalue weighted by Gasteiger charge is 2.56. The van der Waals surface area contributed by atoms with Crippen LogP contribution >= 0.6 is 0 Å². The summed E-state index contributed by atoms with van der Waals surface area (Å²) >= 11 is 0. The van der Waals surface area contributed by atoms with Crippen LogP contribution in [-0.4, -0.2) is 56.3 Å². The molecule has 2 aliphatic rings. The van der Waals surface area contributed by atoms with Gasteiger partial charge in [0.05, 0.1) is 25.5 Å². The topological polar surface area (TPSA) is 73.9 Å². The molecule has 0 N–H and O–H groups in total. The molecule has 0 radical (unpaired) electrons. The molecule has 0 amide bonds. The number of anilines is 1. The van der Waals surface area contributed by atoms with Crippen molar-refractivity contribution in [1.29, 1.82) is 0 Å². The van der Waals surface area contributed by atoms with Crippen LogP contribution < -0.4 is 4.90 Å². The maximum Gasteiger partial charge on any atom is 0.245 e. The number of tetrazole rings is 1. The van der Waals surface area contributed by atoms with Crippen molar-refractivity contribution in [3.05, 3.63) is 18.0 Å².